The van der Waals surface area contributed by atoms with Gasteiger partial charge in [0.15, 0.2) is 0 Å². The zero-order valence-electron chi connectivity index (χ0n) is 15.5. The molecule has 0 spiro atoms. The second-order valence-corrected chi connectivity index (χ2v) is 7.14. The van der Waals surface area contributed by atoms with Gasteiger partial charge in [-0.2, -0.15) is 8.75 Å². The third-order valence-corrected chi connectivity index (χ3v) is 5.63. The maximum absolute atomic E-state index is 12.3. The Labute approximate surface area is 163 Å². The molecule has 0 aliphatic rings. The van der Waals surface area contributed by atoms with Crippen LogP contribution in [0.4, 0.5) is 0 Å². The number of phenolic OH excluding ortho intramolecular Hbond substituents is 1. The van der Waals surface area contributed by atoms with E-state index in [9.17, 15) is 14.7 Å². The molecule has 1 atom stereocenters. The van der Waals surface area contributed by atoms with Crippen LogP contribution in [0.5, 0.6) is 5.75 Å². The largest absolute Gasteiger partial charge is 0.508 e. The lowest BCUT2D eigenvalue weighted by atomic mass is 9.86. The Hall–Kier alpha value is -3.20. The summed E-state index contributed by atoms with van der Waals surface area (Å²) in [6, 6.07) is 8.81. The number of nitrogens with zero attached hydrogens (tertiary/aromatic N) is 4. The molecule has 9 heteroatoms. The van der Waals surface area contributed by atoms with Crippen LogP contribution in [0.1, 0.15) is 23.5 Å². The monoisotopic (exact) mass is 398 g/mol. The van der Waals surface area contributed by atoms with Crippen LogP contribution in [0.25, 0.3) is 22.1 Å². The maximum atomic E-state index is 12.3. The predicted octanol–water partition coefficient (Wildman–Crippen LogP) is 2.28. The van der Waals surface area contributed by atoms with Crippen molar-refractivity contribution in [1.29, 1.82) is 0 Å². The molecule has 28 heavy (non-hydrogen) atoms. The van der Waals surface area contributed by atoms with Crippen LogP contribution in [0.15, 0.2) is 35.1 Å². The van der Waals surface area contributed by atoms with E-state index >= 15 is 0 Å². The number of carbonyl (C=O) groups excluding carboxylic acids is 1. The highest BCUT2D eigenvalue weighted by Gasteiger charge is 2.26. The van der Waals surface area contributed by atoms with Crippen molar-refractivity contribution in [3.05, 3.63) is 51.9 Å². The first-order valence-corrected chi connectivity index (χ1v) is 9.31. The van der Waals surface area contributed by atoms with Crippen molar-refractivity contribution >= 4 is 39.8 Å². The predicted molar refractivity (Wildman–Crippen MR) is 106 cm³/mol. The topological polar surface area (TPSA) is 99.2 Å². The molecule has 4 aromatic rings. The number of hydrogen-bond donors (Lipinski definition) is 1. The molecule has 0 radical (unpaired) electrons. The number of hydrogen-bond acceptors (Lipinski definition) is 7. The summed E-state index contributed by atoms with van der Waals surface area (Å²) < 4.78 is 16.5. The molecule has 2 aromatic carbocycles. The SMILES string of the molecule is COC(=O)CC(c1ccc2c(c1)n(C)c(=O)n2C)c1c(O)ccc2nsnc12. The highest BCUT2D eigenvalue weighted by molar-refractivity contribution is 7.00. The van der Waals surface area contributed by atoms with Crippen molar-refractivity contribution in [3.8, 4) is 5.75 Å². The number of aromatic hydroxyl groups is 1. The Bertz CT molecular complexity index is 1270. The summed E-state index contributed by atoms with van der Waals surface area (Å²) in [5.74, 6) is -0.873. The van der Waals surface area contributed by atoms with E-state index in [1.54, 1.807) is 35.4 Å². The summed E-state index contributed by atoms with van der Waals surface area (Å²) in [7, 11) is 4.74. The second-order valence-electron chi connectivity index (χ2n) is 6.61. The molecule has 4 rings (SSSR count). The van der Waals surface area contributed by atoms with Gasteiger partial charge >= 0.3 is 11.7 Å². The summed E-state index contributed by atoms with van der Waals surface area (Å²) in [4.78, 5) is 24.4. The number of imidazole rings is 1. The van der Waals surface area contributed by atoms with Gasteiger partial charge < -0.3 is 9.84 Å². The second kappa shape index (κ2) is 6.75. The summed E-state index contributed by atoms with van der Waals surface area (Å²) in [6.45, 7) is 0. The lowest BCUT2D eigenvalue weighted by molar-refractivity contribution is -0.140. The first-order chi connectivity index (χ1) is 13.4. The van der Waals surface area contributed by atoms with Crippen LogP contribution in [0.2, 0.25) is 0 Å². The van der Waals surface area contributed by atoms with Gasteiger partial charge in [0, 0.05) is 25.6 Å². The van der Waals surface area contributed by atoms with Crippen molar-refractivity contribution in [3.63, 3.8) is 0 Å². The smallest absolute Gasteiger partial charge is 0.328 e. The third-order valence-electron chi connectivity index (χ3n) is 5.09. The highest BCUT2D eigenvalue weighted by atomic mass is 32.1. The lowest BCUT2D eigenvalue weighted by Gasteiger charge is -2.19. The molecule has 1 N–H and O–H groups in total. The molecular weight excluding hydrogens is 380 g/mol. The fourth-order valence-corrected chi connectivity index (χ4v) is 4.13. The van der Waals surface area contributed by atoms with Crippen LogP contribution in [-0.2, 0) is 23.6 Å². The zero-order valence-corrected chi connectivity index (χ0v) is 16.4. The number of ether oxygens (including phenoxy) is 1. The van der Waals surface area contributed by atoms with Gasteiger partial charge in [-0.05, 0) is 29.8 Å². The molecule has 2 heterocycles. The number of benzene rings is 2. The van der Waals surface area contributed by atoms with Gasteiger partial charge in [-0.25, -0.2) is 4.79 Å². The van der Waals surface area contributed by atoms with E-state index in [1.165, 1.54) is 7.11 Å². The zero-order chi connectivity index (χ0) is 20.0. The first-order valence-electron chi connectivity index (χ1n) is 8.58. The Balaban J connectivity index is 1.97. The van der Waals surface area contributed by atoms with Crippen LogP contribution in [-0.4, -0.2) is 36.1 Å². The van der Waals surface area contributed by atoms with Gasteiger partial charge in [0.1, 0.15) is 16.8 Å². The van der Waals surface area contributed by atoms with E-state index in [-0.39, 0.29) is 17.9 Å². The molecule has 0 amide bonds. The van der Waals surface area contributed by atoms with E-state index < -0.39 is 11.9 Å². The Kier molecular flexibility index (Phi) is 4.38. The van der Waals surface area contributed by atoms with Crippen molar-refractivity contribution in [2.75, 3.05) is 7.11 Å². The molecule has 1 unspecified atom stereocenters. The molecule has 0 saturated carbocycles. The Morgan fingerprint density at radius 3 is 2.68 bits per heavy atom. The Morgan fingerprint density at radius 1 is 1.18 bits per heavy atom. The van der Waals surface area contributed by atoms with Crippen LogP contribution in [0.3, 0.4) is 0 Å². The van der Waals surface area contributed by atoms with Crippen molar-refractivity contribution in [2.45, 2.75) is 12.3 Å². The van der Waals surface area contributed by atoms with Gasteiger partial charge in [0.2, 0.25) is 0 Å². The van der Waals surface area contributed by atoms with Gasteiger partial charge in [-0.1, -0.05) is 6.07 Å². The number of rotatable bonds is 4. The van der Waals surface area contributed by atoms with Gasteiger partial charge in [0.25, 0.3) is 0 Å². The summed E-state index contributed by atoms with van der Waals surface area (Å²) >= 11 is 1.05. The average Bonchev–Trinajstić information content (AvgIpc) is 3.26. The van der Waals surface area contributed by atoms with E-state index in [0.29, 0.717) is 16.6 Å². The molecule has 0 saturated heterocycles. The minimum atomic E-state index is -0.500. The van der Waals surface area contributed by atoms with Gasteiger partial charge in [0.05, 0.1) is 36.3 Å². The molecule has 144 valence electrons. The van der Waals surface area contributed by atoms with Crippen molar-refractivity contribution < 1.29 is 14.6 Å². The normalized spacial score (nSPS) is 12.5. The number of aryl methyl sites for hydroxylation is 2. The molecule has 0 aliphatic heterocycles. The summed E-state index contributed by atoms with van der Waals surface area (Å²) in [5, 5.41) is 10.6. The summed E-state index contributed by atoms with van der Waals surface area (Å²) in [6.07, 6.45) is 0.0208. The van der Waals surface area contributed by atoms with E-state index in [4.69, 9.17) is 4.74 Å². The van der Waals surface area contributed by atoms with Crippen LogP contribution in [0, 0.1) is 0 Å². The quantitative estimate of drug-likeness (QED) is 0.530. The number of fused-ring (bicyclic) bond motifs is 2. The molecule has 2 aromatic heterocycles. The van der Waals surface area contributed by atoms with Crippen molar-refractivity contribution in [2.24, 2.45) is 14.1 Å². The highest BCUT2D eigenvalue weighted by Crippen LogP contribution is 2.39. The minimum Gasteiger partial charge on any atom is -0.508 e. The number of esters is 1. The third kappa shape index (κ3) is 2.75. The van der Waals surface area contributed by atoms with E-state index in [0.717, 1.165) is 28.3 Å². The number of phenols is 1. The minimum absolute atomic E-state index is 0.0208. The first kappa shape index (κ1) is 18.2. The standard InChI is InChI=1S/C19H18N4O4S/c1-22-13-6-4-10(8-14(13)23(2)19(22)26)11(9-16(25)27-3)17-15(24)7-5-12-18(17)21-28-20-12/h4-8,11,24H,9H2,1-3H3. The molecule has 0 aliphatic carbocycles. The molecular formula is C19H18N4O4S. The van der Waals surface area contributed by atoms with E-state index in [2.05, 4.69) is 8.75 Å². The van der Waals surface area contributed by atoms with E-state index in [1.807, 2.05) is 18.2 Å². The lowest BCUT2D eigenvalue weighted by Crippen LogP contribution is -2.19. The molecule has 8 nitrogen and oxygen atoms in total. The molecule has 0 bridgehead atoms. The van der Waals surface area contributed by atoms with Gasteiger partial charge in [-0.15, -0.1) is 0 Å². The number of methoxy groups -OCH3 is 1. The number of aromatic nitrogens is 4. The molecule has 0 fully saturated rings. The van der Waals surface area contributed by atoms with Crippen LogP contribution < -0.4 is 5.69 Å². The van der Waals surface area contributed by atoms with Crippen LogP contribution >= 0.6 is 11.7 Å². The maximum Gasteiger partial charge on any atom is 0.328 e. The van der Waals surface area contributed by atoms with Crippen molar-refractivity contribution in [1.82, 2.24) is 17.9 Å². The Morgan fingerprint density at radius 2 is 1.93 bits per heavy atom. The van der Waals surface area contributed by atoms with Gasteiger partial charge in [-0.3, -0.25) is 13.9 Å². The fraction of sp³-hybridized carbons (Fsp3) is 0.263. The fourth-order valence-electron chi connectivity index (χ4n) is 3.58. The average molecular weight is 398 g/mol. The summed E-state index contributed by atoms with van der Waals surface area (Å²) in [5.41, 5.74) is 3.90. The number of carbonyl (C=O) groups is 1.